The summed E-state index contributed by atoms with van der Waals surface area (Å²) >= 11 is 0. The van der Waals surface area contributed by atoms with Gasteiger partial charge >= 0.3 is 5.97 Å². The standard InChI is InChI=1S/C5H10N2O6S/c6-2(5(9)10)1-3(4(7)8)14(11,12)13/h2-3H,1,6H2,(H2,7,8)(H,9,10)(H,11,12,13)/t2-,3-/m0/s1. The summed E-state index contributed by atoms with van der Waals surface area (Å²) in [4.78, 5) is 20.8. The summed E-state index contributed by atoms with van der Waals surface area (Å²) in [5.41, 5.74) is 9.61. The Labute approximate surface area is 79.6 Å². The minimum Gasteiger partial charge on any atom is -0.480 e. The van der Waals surface area contributed by atoms with Crippen LogP contribution in [0.25, 0.3) is 0 Å². The number of carbonyl (C=O) groups is 2. The molecular formula is C5H10N2O6S. The second kappa shape index (κ2) is 4.35. The van der Waals surface area contributed by atoms with Crippen molar-refractivity contribution in [3.63, 3.8) is 0 Å². The third kappa shape index (κ3) is 3.68. The fraction of sp³-hybridized carbons (Fsp3) is 0.600. The largest absolute Gasteiger partial charge is 0.480 e. The second-order valence-electron chi connectivity index (χ2n) is 2.59. The molecule has 0 radical (unpaired) electrons. The maximum Gasteiger partial charge on any atom is 0.320 e. The first kappa shape index (κ1) is 12.8. The van der Waals surface area contributed by atoms with E-state index < -0.39 is 39.7 Å². The lowest BCUT2D eigenvalue weighted by molar-refractivity contribution is -0.138. The van der Waals surface area contributed by atoms with Crippen molar-refractivity contribution in [1.82, 2.24) is 0 Å². The first-order valence-corrected chi connectivity index (χ1v) is 4.90. The van der Waals surface area contributed by atoms with Crippen LogP contribution < -0.4 is 11.5 Å². The predicted molar refractivity (Wildman–Crippen MR) is 44.8 cm³/mol. The molecule has 0 fully saturated rings. The fourth-order valence-corrected chi connectivity index (χ4v) is 1.46. The van der Waals surface area contributed by atoms with Crippen LogP contribution in [0.1, 0.15) is 6.42 Å². The zero-order valence-electron chi connectivity index (χ0n) is 6.95. The number of rotatable bonds is 5. The molecule has 0 saturated heterocycles. The van der Waals surface area contributed by atoms with Gasteiger partial charge in [-0.25, -0.2) is 0 Å². The lowest BCUT2D eigenvalue weighted by Gasteiger charge is -2.12. The molecule has 0 aromatic heterocycles. The first-order valence-electron chi connectivity index (χ1n) is 3.40. The molecule has 0 bridgehead atoms. The van der Waals surface area contributed by atoms with Gasteiger partial charge in [0.05, 0.1) is 0 Å². The number of aliphatic carboxylic acids is 1. The average Bonchev–Trinajstić information content (AvgIpc) is 1.96. The van der Waals surface area contributed by atoms with Gasteiger partial charge in [-0.05, 0) is 0 Å². The number of hydrogen-bond acceptors (Lipinski definition) is 5. The van der Waals surface area contributed by atoms with E-state index in [1.54, 1.807) is 0 Å². The van der Waals surface area contributed by atoms with Crippen LogP contribution in [-0.4, -0.2) is 41.2 Å². The molecule has 0 saturated carbocycles. The monoisotopic (exact) mass is 226 g/mol. The molecule has 2 atom stereocenters. The van der Waals surface area contributed by atoms with Crippen molar-refractivity contribution in [2.45, 2.75) is 17.7 Å². The van der Waals surface area contributed by atoms with E-state index in [4.69, 9.17) is 15.4 Å². The summed E-state index contributed by atoms with van der Waals surface area (Å²) < 4.78 is 29.6. The topological polar surface area (TPSA) is 161 Å². The fourth-order valence-electron chi connectivity index (χ4n) is 0.716. The quantitative estimate of drug-likeness (QED) is 0.377. The molecule has 0 rings (SSSR count). The minimum absolute atomic E-state index is 0.760. The Morgan fingerprint density at radius 1 is 1.36 bits per heavy atom. The first-order chi connectivity index (χ1) is 6.16. The number of primary amides is 1. The van der Waals surface area contributed by atoms with Gasteiger partial charge in [0.25, 0.3) is 10.1 Å². The number of amides is 1. The molecule has 0 aliphatic rings. The van der Waals surface area contributed by atoms with Crippen molar-refractivity contribution in [2.24, 2.45) is 11.5 Å². The van der Waals surface area contributed by atoms with E-state index in [1.165, 1.54) is 0 Å². The van der Waals surface area contributed by atoms with E-state index in [1.807, 2.05) is 0 Å². The summed E-state index contributed by atoms with van der Waals surface area (Å²) in [5.74, 6) is -2.83. The number of nitrogens with two attached hydrogens (primary N) is 2. The normalized spacial score (nSPS) is 15.9. The molecule has 14 heavy (non-hydrogen) atoms. The highest BCUT2D eigenvalue weighted by molar-refractivity contribution is 7.87. The van der Waals surface area contributed by atoms with E-state index >= 15 is 0 Å². The Balaban J connectivity index is 4.73. The molecule has 9 heteroatoms. The molecule has 0 aliphatic heterocycles. The molecule has 0 heterocycles. The smallest absolute Gasteiger partial charge is 0.320 e. The molecule has 0 aromatic rings. The highest BCUT2D eigenvalue weighted by atomic mass is 32.2. The van der Waals surface area contributed by atoms with E-state index in [0.29, 0.717) is 0 Å². The number of carbonyl (C=O) groups excluding carboxylic acids is 1. The summed E-state index contributed by atoms with van der Waals surface area (Å²) in [6, 6.07) is -1.57. The third-order valence-electron chi connectivity index (χ3n) is 1.46. The van der Waals surface area contributed by atoms with Crippen LogP contribution in [-0.2, 0) is 19.7 Å². The highest BCUT2D eigenvalue weighted by Crippen LogP contribution is 2.06. The molecule has 0 aliphatic carbocycles. The van der Waals surface area contributed by atoms with Crippen LogP contribution in [0.5, 0.6) is 0 Å². The second-order valence-corrected chi connectivity index (χ2v) is 4.19. The lowest BCUT2D eigenvalue weighted by atomic mass is 10.1. The van der Waals surface area contributed by atoms with Gasteiger partial charge in [0.1, 0.15) is 6.04 Å². The summed E-state index contributed by atoms with van der Waals surface area (Å²) in [5, 5.41) is 6.33. The van der Waals surface area contributed by atoms with Crippen LogP contribution in [0.15, 0.2) is 0 Å². The van der Waals surface area contributed by atoms with E-state index in [-0.39, 0.29) is 0 Å². The number of carboxylic acids is 1. The zero-order valence-corrected chi connectivity index (χ0v) is 7.77. The van der Waals surface area contributed by atoms with Gasteiger partial charge in [-0.2, -0.15) is 8.42 Å². The Morgan fingerprint density at radius 3 is 2.00 bits per heavy atom. The minimum atomic E-state index is -4.71. The molecule has 0 unspecified atom stereocenters. The Morgan fingerprint density at radius 2 is 1.79 bits per heavy atom. The molecule has 6 N–H and O–H groups in total. The van der Waals surface area contributed by atoms with Gasteiger partial charge < -0.3 is 16.6 Å². The van der Waals surface area contributed by atoms with Crippen LogP contribution in [0.2, 0.25) is 0 Å². The van der Waals surface area contributed by atoms with Gasteiger partial charge in [-0.3, -0.25) is 14.1 Å². The molecular weight excluding hydrogens is 216 g/mol. The van der Waals surface area contributed by atoms with Crippen LogP contribution in [0.4, 0.5) is 0 Å². The molecule has 1 amide bonds. The molecule has 8 nitrogen and oxygen atoms in total. The summed E-state index contributed by atoms with van der Waals surface area (Å²) in [6.45, 7) is 0. The Hall–Kier alpha value is -1.19. The zero-order chi connectivity index (χ0) is 11.5. The van der Waals surface area contributed by atoms with E-state index in [0.717, 1.165) is 0 Å². The van der Waals surface area contributed by atoms with Crippen molar-refractivity contribution in [2.75, 3.05) is 0 Å². The molecule has 0 spiro atoms. The molecule has 82 valence electrons. The number of carboxylic acid groups (broad SMARTS) is 1. The van der Waals surface area contributed by atoms with Crippen molar-refractivity contribution in [1.29, 1.82) is 0 Å². The maximum atomic E-state index is 10.5. The Kier molecular flexibility index (Phi) is 3.98. The van der Waals surface area contributed by atoms with Crippen molar-refractivity contribution >= 4 is 22.0 Å². The van der Waals surface area contributed by atoms with E-state index in [2.05, 4.69) is 5.73 Å². The highest BCUT2D eigenvalue weighted by Gasteiger charge is 2.32. The van der Waals surface area contributed by atoms with Crippen LogP contribution in [0.3, 0.4) is 0 Å². The summed E-state index contributed by atoms with van der Waals surface area (Å²) in [6.07, 6.45) is -0.760. The maximum absolute atomic E-state index is 10.5. The van der Waals surface area contributed by atoms with Crippen LogP contribution in [0, 0.1) is 0 Å². The third-order valence-corrected chi connectivity index (χ3v) is 2.61. The van der Waals surface area contributed by atoms with Gasteiger partial charge in [0, 0.05) is 6.42 Å². The predicted octanol–water partition coefficient (Wildman–Crippen LogP) is -2.47. The van der Waals surface area contributed by atoms with Gasteiger partial charge in [-0.1, -0.05) is 0 Å². The van der Waals surface area contributed by atoms with Gasteiger partial charge in [0.15, 0.2) is 5.25 Å². The van der Waals surface area contributed by atoms with E-state index in [9.17, 15) is 18.0 Å². The van der Waals surface area contributed by atoms with Crippen molar-refractivity contribution < 1.29 is 27.7 Å². The van der Waals surface area contributed by atoms with Crippen molar-refractivity contribution in [3.8, 4) is 0 Å². The molecule has 0 aromatic carbocycles. The lowest BCUT2D eigenvalue weighted by Crippen LogP contribution is -2.43. The number of hydrogen-bond donors (Lipinski definition) is 4. The average molecular weight is 226 g/mol. The Bertz CT molecular complexity index is 336. The SMILES string of the molecule is NC(=O)[C@H](C[C@H](N)C(=O)O)S(=O)(=O)O. The van der Waals surface area contributed by atoms with Gasteiger partial charge in [0.2, 0.25) is 5.91 Å². The van der Waals surface area contributed by atoms with Gasteiger partial charge in [-0.15, -0.1) is 0 Å². The van der Waals surface area contributed by atoms with Crippen LogP contribution >= 0.6 is 0 Å². The van der Waals surface area contributed by atoms with Crippen molar-refractivity contribution in [3.05, 3.63) is 0 Å². The summed E-state index contributed by atoms with van der Waals surface area (Å²) in [7, 11) is -4.71.